The highest BCUT2D eigenvalue weighted by Gasteiger charge is 2.21. The number of amides is 1. The number of anilines is 2. The standard InChI is InChI=1S/C19H13BrCl2N2O5S2/c20-16-7-8-18(30-16)31(27,28)24-14-4-2-1-3-12(14)19(26)29-10-17(25)23-15-9-11(21)5-6-13(15)22/h1-9,24H,10H2,(H,23,25). The number of carbonyl (C=O) groups is 2. The minimum Gasteiger partial charge on any atom is -0.452 e. The van der Waals surface area contributed by atoms with Crippen molar-refractivity contribution in [2.45, 2.75) is 4.21 Å². The summed E-state index contributed by atoms with van der Waals surface area (Å²) in [7, 11) is -3.91. The lowest BCUT2D eigenvalue weighted by atomic mass is 10.2. The van der Waals surface area contributed by atoms with Crippen molar-refractivity contribution in [2.24, 2.45) is 0 Å². The Balaban J connectivity index is 1.68. The van der Waals surface area contributed by atoms with E-state index in [1.807, 2.05) is 0 Å². The average molecular weight is 564 g/mol. The van der Waals surface area contributed by atoms with Crippen molar-refractivity contribution in [3.05, 3.63) is 74.0 Å². The molecule has 1 heterocycles. The molecule has 3 aromatic rings. The summed E-state index contributed by atoms with van der Waals surface area (Å²) in [5.74, 6) is -1.52. The second-order valence-electron chi connectivity index (χ2n) is 5.96. The number of para-hydroxylation sites is 1. The molecule has 1 amide bonds. The van der Waals surface area contributed by atoms with E-state index in [9.17, 15) is 18.0 Å². The number of ether oxygens (including phenoxy) is 1. The molecule has 7 nitrogen and oxygen atoms in total. The van der Waals surface area contributed by atoms with Gasteiger partial charge < -0.3 is 10.1 Å². The number of sulfonamides is 1. The van der Waals surface area contributed by atoms with Crippen LogP contribution in [-0.2, 0) is 19.6 Å². The van der Waals surface area contributed by atoms with E-state index in [0.29, 0.717) is 8.81 Å². The zero-order chi connectivity index (χ0) is 22.6. The van der Waals surface area contributed by atoms with Gasteiger partial charge in [-0.15, -0.1) is 11.3 Å². The molecule has 0 spiro atoms. The second-order valence-corrected chi connectivity index (χ2v) is 11.2. The van der Waals surface area contributed by atoms with Crippen LogP contribution in [0.25, 0.3) is 0 Å². The molecule has 1 aromatic heterocycles. The molecule has 2 N–H and O–H groups in total. The quantitative estimate of drug-likeness (QED) is 0.374. The molecule has 0 saturated heterocycles. The molecule has 0 radical (unpaired) electrons. The number of esters is 1. The van der Waals surface area contributed by atoms with Crippen LogP contribution in [0.15, 0.2) is 62.6 Å². The normalized spacial score (nSPS) is 11.1. The lowest BCUT2D eigenvalue weighted by Crippen LogP contribution is -2.22. The molecular weight excluding hydrogens is 551 g/mol. The van der Waals surface area contributed by atoms with E-state index in [2.05, 4.69) is 26.0 Å². The molecule has 31 heavy (non-hydrogen) atoms. The second kappa shape index (κ2) is 10.0. The van der Waals surface area contributed by atoms with E-state index in [1.165, 1.54) is 30.3 Å². The van der Waals surface area contributed by atoms with Gasteiger partial charge in [0.2, 0.25) is 0 Å². The third kappa shape index (κ3) is 6.20. The zero-order valence-electron chi connectivity index (χ0n) is 15.4. The van der Waals surface area contributed by atoms with Crippen molar-refractivity contribution in [3.8, 4) is 0 Å². The summed E-state index contributed by atoms with van der Waals surface area (Å²) in [6, 6.07) is 13.5. The molecular formula is C19H13BrCl2N2O5S2. The SMILES string of the molecule is O=C(COC(=O)c1ccccc1NS(=O)(=O)c1ccc(Br)s1)Nc1cc(Cl)ccc1Cl. The third-order valence-corrected chi connectivity index (χ3v) is 7.79. The van der Waals surface area contributed by atoms with E-state index in [1.54, 1.807) is 24.3 Å². The first kappa shape index (κ1) is 23.6. The molecule has 162 valence electrons. The van der Waals surface area contributed by atoms with E-state index < -0.39 is 28.5 Å². The molecule has 3 rings (SSSR count). The van der Waals surface area contributed by atoms with Gasteiger partial charge in [-0.05, 0) is 58.4 Å². The van der Waals surface area contributed by atoms with Crippen LogP contribution in [0.4, 0.5) is 11.4 Å². The summed E-state index contributed by atoms with van der Waals surface area (Å²) < 4.78 is 33.2. The predicted molar refractivity (Wildman–Crippen MR) is 125 cm³/mol. The molecule has 0 unspecified atom stereocenters. The van der Waals surface area contributed by atoms with E-state index >= 15 is 0 Å². The van der Waals surface area contributed by atoms with Gasteiger partial charge in [0.05, 0.1) is 25.7 Å². The van der Waals surface area contributed by atoms with Gasteiger partial charge in [-0.2, -0.15) is 0 Å². The molecule has 2 aromatic carbocycles. The van der Waals surface area contributed by atoms with Crippen LogP contribution in [0.3, 0.4) is 0 Å². The van der Waals surface area contributed by atoms with Crippen LogP contribution in [0, 0.1) is 0 Å². The summed E-state index contributed by atoms with van der Waals surface area (Å²) >= 11 is 16.1. The Morgan fingerprint density at radius 1 is 1.03 bits per heavy atom. The number of benzene rings is 2. The number of nitrogens with one attached hydrogen (secondary N) is 2. The van der Waals surface area contributed by atoms with E-state index in [-0.39, 0.29) is 26.2 Å². The molecule has 0 atom stereocenters. The van der Waals surface area contributed by atoms with Crippen LogP contribution in [0.1, 0.15) is 10.4 Å². The van der Waals surface area contributed by atoms with Crippen molar-refractivity contribution in [1.29, 1.82) is 0 Å². The van der Waals surface area contributed by atoms with Gasteiger partial charge >= 0.3 is 5.97 Å². The summed E-state index contributed by atoms with van der Waals surface area (Å²) in [5.41, 5.74) is 0.246. The van der Waals surface area contributed by atoms with E-state index in [4.69, 9.17) is 27.9 Å². The van der Waals surface area contributed by atoms with Crippen molar-refractivity contribution in [3.63, 3.8) is 0 Å². The highest BCUT2D eigenvalue weighted by molar-refractivity contribution is 9.11. The van der Waals surface area contributed by atoms with Gasteiger partial charge in [0, 0.05) is 5.02 Å². The molecule has 0 aliphatic heterocycles. The predicted octanol–water partition coefficient (Wildman–Crippen LogP) is 5.41. The first-order valence-corrected chi connectivity index (χ1v) is 12.3. The highest BCUT2D eigenvalue weighted by Crippen LogP contribution is 2.29. The number of halogens is 3. The molecule has 0 aliphatic rings. The molecule has 12 heteroatoms. The highest BCUT2D eigenvalue weighted by atomic mass is 79.9. The van der Waals surface area contributed by atoms with Crippen LogP contribution in [0.2, 0.25) is 10.0 Å². The number of hydrogen-bond donors (Lipinski definition) is 2. The number of carbonyl (C=O) groups excluding carboxylic acids is 2. The maximum Gasteiger partial charge on any atom is 0.340 e. The Labute approximate surface area is 200 Å². The van der Waals surface area contributed by atoms with Crippen LogP contribution < -0.4 is 10.0 Å². The van der Waals surface area contributed by atoms with Gasteiger partial charge in [-0.1, -0.05) is 35.3 Å². The van der Waals surface area contributed by atoms with Gasteiger partial charge in [0.15, 0.2) is 6.61 Å². The maximum absolute atomic E-state index is 12.6. The summed E-state index contributed by atoms with van der Waals surface area (Å²) in [5, 5.41) is 3.13. The van der Waals surface area contributed by atoms with E-state index in [0.717, 1.165) is 11.3 Å². The Hall–Kier alpha value is -2.11. The van der Waals surface area contributed by atoms with Crippen LogP contribution in [-0.4, -0.2) is 26.9 Å². The fourth-order valence-corrected chi connectivity index (χ4v) is 5.80. The minimum absolute atomic E-state index is 0.0234. The van der Waals surface area contributed by atoms with Crippen molar-refractivity contribution in [1.82, 2.24) is 0 Å². The summed E-state index contributed by atoms with van der Waals surface area (Å²) in [6.45, 7) is -0.610. The fourth-order valence-electron chi connectivity index (χ4n) is 2.38. The largest absolute Gasteiger partial charge is 0.452 e. The first-order chi connectivity index (χ1) is 14.7. The Kier molecular flexibility index (Phi) is 7.60. The lowest BCUT2D eigenvalue weighted by Gasteiger charge is -2.12. The van der Waals surface area contributed by atoms with Crippen molar-refractivity contribution < 1.29 is 22.7 Å². The Morgan fingerprint density at radius 3 is 2.48 bits per heavy atom. The van der Waals surface area contributed by atoms with Gasteiger partial charge in [-0.3, -0.25) is 9.52 Å². The zero-order valence-corrected chi connectivity index (χ0v) is 20.1. The molecule has 0 saturated carbocycles. The number of rotatable bonds is 7. The topological polar surface area (TPSA) is 102 Å². The third-order valence-electron chi connectivity index (χ3n) is 3.74. The van der Waals surface area contributed by atoms with Gasteiger partial charge in [0.25, 0.3) is 15.9 Å². The molecule has 0 fully saturated rings. The summed E-state index contributed by atoms with van der Waals surface area (Å²) in [6.07, 6.45) is 0. The molecule has 0 aliphatic carbocycles. The van der Waals surface area contributed by atoms with Gasteiger partial charge in [-0.25, -0.2) is 13.2 Å². The smallest absolute Gasteiger partial charge is 0.340 e. The van der Waals surface area contributed by atoms with Crippen LogP contribution >= 0.6 is 50.5 Å². The minimum atomic E-state index is -3.91. The van der Waals surface area contributed by atoms with Gasteiger partial charge in [0.1, 0.15) is 4.21 Å². The lowest BCUT2D eigenvalue weighted by molar-refractivity contribution is -0.119. The molecule has 0 bridgehead atoms. The van der Waals surface area contributed by atoms with Crippen LogP contribution in [0.5, 0.6) is 0 Å². The van der Waals surface area contributed by atoms with Crippen molar-refractivity contribution in [2.75, 3.05) is 16.6 Å². The number of hydrogen-bond acceptors (Lipinski definition) is 6. The Bertz CT molecular complexity index is 1250. The average Bonchev–Trinajstić information content (AvgIpc) is 3.16. The monoisotopic (exact) mass is 562 g/mol. The van der Waals surface area contributed by atoms with Crippen molar-refractivity contribution >= 4 is 83.7 Å². The Morgan fingerprint density at radius 2 is 1.77 bits per heavy atom. The number of thiophene rings is 1. The fraction of sp³-hybridized carbons (Fsp3) is 0.0526. The maximum atomic E-state index is 12.6. The summed E-state index contributed by atoms with van der Waals surface area (Å²) in [4.78, 5) is 24.6. The first-order valence-electron chi connectivity index (χ1n) is 8.45.